The Balaban J connectivity index is 1.71. The lowest BCUT2D eigenvalue weighted by Crippen LogP contribution is -2.39. The highest BCUT2D eigenvalue weighted by Crippen LogP contribution is 2.44. The third-order valence-electron chi connectivity index (χ3n) is 4.09. The molecule has 2 rings (SSSR count). The Labute approximate surface area is 99.8 Å². The zero-order chi connectivity index (χ0) is 11.6. The van der Waals surface area contributed by atoms with Crippen molar-refractivity contribution in [2.24, 2.45) is 17.3 Å². The van der Waals surface area contributed by atoms with E-state index in [1.54, 1.807) is 0 Å². The summed E-state index contributed by atoms with van der Waals surface area (Å²) in [5, 5.41) is 12.7. The van der Waals surface area contributed by atoms with Crippen molar-refractivity contribution in [1.82, 2.24) is 5.32 Å². The van der Waals surface area contributed by atoms with Gasteiger partial charge in [0.2, 0.25) is 0 Å². The van der Waals surface area contributed by atoms with Gasteiger partial charge in [0.25, 0.3) is 0 Å². The van der Waals surface area contributed by atoms with Crippen LogP contribution in [0.5, 0.6) is 0 Å². The van der Waals surface area contributed by atoms with Gasteiger partial charge in [0.15, 0.2) is 0 Å². The molecular formula is C14H27NO. The maximum absolute atomic E-state index is 8.88. The summed E-state index contributed by atoms with van der Waals surface area (Å²) in [7, 11) is 0. The largest absolute Gasteiger partial charge is 0.396 e. The second-order valence-corrected chi connectivity index (χ2v) is 6.57. The average molecular weight is 225 g/mol. The Hall–Kier alpha value is -0.0800. The fourth-order valence-electron chi connectivity index (χ4n) is 2.67. The van der Waals surface area contributed by atoms with Crippen molar-refractivity contribution >= 4 is 0 Å². The molecule has 2 aliphatic rings. The minimum absolute atomic E-state index is 0.331. The lowest BCUT2D eigenvalue weighted by atomic mass is 9.87. The predicted molar refractivity (Wildman–Crippen MR) is 67.3 cm³/mol. The molecule has 0 bridgehead atoms. The van der Waals surface area contributed by atoms with Crippen LogP contribution >= 0.6 is 0 Å². The van der Waals surface area contributed by atoms with E-state index in [1.807, 2.05) is 0 Å². The number of rotatable bonds is 8. The highest BCUT2D eigenvalue weighted by molar-refractivity contribution is 4.96. The van der Waals surface area contributed by atoms with E-state index < -0.39 is 0 Å². The highest BCUT2D eigenvalue weighted by atomic mass is 16.2. The molecule has 0 saturated heterocycles. The first-order valence-electron chi connectivity index (χ1n) is 6.97. The van der Waals surface area contributed by atoms with E-state index >= 15 is 0 Å². The molecule has 0 aromatic carbocycles. The molecule has 2 N–H and O–H groups in total. The molecule has 0 heterocycles. The first-order valence-corrected chi connectivity index (χ1v) is 6.97. The van der Waals surface area contributed by atoms with Gasteiger partial charge in [-0.15, -0.1) is 0 Å². The lowest BCUT2D eigenvalue weighted by Gasteiger charge is -2.28. The fraction of sp³-hybridized carbons (Fsp3) is 1.00. The first-order chi connectivity index (χ1) is 7.62. The van der Waals surface area contributed by atoms with E-state index in [1.165, 1.54) is 25.7 Å². The van der Waals surface area contributed by atoms with Crippen LogP contribution in [-0.4, -0.2) is 24.3 Å². The third kappa shape index (κ3) is 3.74. The second kappa shape index (κ2) is 5.05. The summed E-state index contributed by atoms with van der Waals surface area (Å²) >= 11 is 0. The molecule has 2 aliphatic carbocycles. The molecule has 0 spiro atoms. The SMILES string of the molecule is CC(C)(CCCO)CNC(C1CC1)C1CC1. The average Bonchev–Trinajstić information content (AvgIpc) is 3.06. The van der Waals surface area contributed by atoms with Gasteiger partial charge in [-0.1, -0.05) is 13.8 Å². The standard InChI is InChI=1S/C14H27NO/c1-14(2,8-3-9-16)10-15-13(11-4-5-11)12-6-7-12/h11-13,15-16H,3-10H2,1-2H3. The molecule has 2 heteroatoms. The van der Waals surface area contributed by atoms with Gasteiger partial charge in [0.1, 0.15) is 0 Å². The van der Waals surface area contributed by atoms with Gasteiger partial charge in [-0.2, -0.15) is 0 Å². The van der Waals surface area contributed by atoms with Crippen molar-refractivity contribution in [3.05, 3.63) is 0 Å². The fourth-order valence-corrected chi connectivity index (χ4v) is 2.67. The normalized spacial score (nSPS) is 21.8. The summed E-state index contributed by atoms with van der Waals surface area (Å²) in [4.78, 5) is 0. The van der Waals surface area contributed by atoms with Gasteiger partial charge in [0.05, 0.1) is 0 Å². The third-order valence-corrected chi connectivity index (χ3v) is 4.09. The van der Waals surface area contributed by atoms with Crippen LogP contribution in [0.1, 0.15) is 52.4 Å². The van der Waals surface area contributed by atoms with Crippen LogP contribution in [0.25, 0.3) is 0 Å². The lowest BCUT2D eigenvalue weighted by molar-refractivity contribution is 0.226. The van der Waals surface area contributed by atoms with Crippen molar-refractivity contribution in [3.8, 4) is 0 Å². The summed E-state index contributed by atoms with van der Waals surface area (Å²) in [5.41, 5.74) is 0.338. The van der Waals surface area contributed by atoms with Crippen molar-refractivity contribution < 1.29 is 5.11 Å². The molecule has 0 atom stereocenters. The Morgan fingerprint density at radius 2 is 1.75 bits per heavy atom. The van der Waals surface area contributed by atoms with Gasteiger partial charge in [-0.25, -0.2) is 0 Å². The molecule has 0 radical (unpaired) electrons. The van der Waals surface area contributed by atoms with Crippen LogP contribution in [0.3, 0.4) is 0 Å². The number of hydrogen-bond donors (Lipinski definition) is 2. The van der Waals surface area contributed by atoms with Gasteiger partial charge < -0.3 is 10.4 Å². The zero-order valence-electron chi connectivity index (χ0n) is 10.8. The second-order valence-electron chi connectivity index (χ2n) is 6.57. The predicted octanol–water partition coefficient (Wildman–Crippen LogP) is 2.56. The summed E-state index contributed by atoms with van der Waals surface area (Å²) in [6, 6.07) is 0.813. The molecule has 2 fully saturated rings. The number of nitrogens with one attached hydrogen (secondary N) is 1. The van der Waals surface area contributed by atoms with E-state index in [4.69, 9.17) is 5.11 Å². The van der Waals surface area contributed by atoms with Crippen LogP contribution in [0.15, 0.2) is 0 Å². The van der Waals surface area contributed by atoms with Crippen molar-refractivity contribution in [1.29, 1.82) is 0 Å². The molecular weight excluding hydrogens is 198 g/mol. The summed E-state index contributed by atoms with van der Waals surface area (Å²) in [6.07, 6.45) is 7.86. The van der Waals surface area contributed by atoms with Crippen LogP contribution in [0.2, 0.25) is 0 Å². The monoisotopic (exact) mass is 225 g/mol. The maximum Gasteiger partial charge on any atom is 0.0431 e. The van der Waals surface area contributed by atoms with E-state index in [0.717, 1.165) is 37.3 Å². The zero-order valence-corrected chi connectivity index (χ0v) is 10.8. The molecule has 0 aliphatic heterocycles. The molecule has 0 unspecified atom stereocenters. The van der Waals surface area contributed by atoms with E-state index in [-0.39, 0.29) is 0 Å². The minimum atomic E-state index is 0.331. The number of aliphatic hydroxyl groups is 1. The van der Waals surface area contributed by atoms with Gasteiger partial charge in [-0.05, 0) is 55.8 Å². The minimum Gasteiger partial charge on any atom is -0.396 e. The van der Waals surface area contributed by atoms with Gasteiger partial charge in [0, 0.05) is 19.2 Å². The number of aliphatic hydroxyl groups excluding tert-OH is 1. The van der Waals surface area contributed by atoms with E-state index in [2.05, 4.69) is 19.2 Å². The van der Waals surface area contributed by atoms with Crippen LogP contribution in [0.4, 0.5) is 0 Å². The Bertz CT molecular complexity index is 207. The molecule has 0 aromatic rings. The molecule has 2 saturated carbocycles. The smallest absolute Gasteiger partial charge is 0.0431 e. The number of hydrogen-bond acceptors (Lipinski definition) is 2. The molecule has 0 amide bonds. The molecule has 94 valence electrons. The van der Waals surface area contributed by atoms with Crippen molar-refractivity contribution in [2.45, 2.75) is 58.4 Å². The van der Waals surface area contributed by atoms with Crippen molar-refractivity contribution in [2.75, 3.05) is 13.2 Å². The highest BCUT2D eigenvalue weighted by Gasteiger charge is 2.41. The maximum atomic E-state index is 8.88. The van der Waals surface area contributed by atoms with E-state index in [0.29, 0.717) is 12.0 Å². The first kappa shape index (κ1) is 12.4. The topological polar surface area (TPSA) is 32.3 Å². The Morgan fingerprint density at radius 1 is 1.19 bits per heavy atom. The van der Waals surface area contributed by atoms with Crippen molar-refractivity contribution in [3.63, 3.8) is 0 Å². The molecule has 2 nitrogen and oxygen atoms in total. The quantitative estimate of drug-likeness (QED) is 0.665. The van der Waals surface area contributed by atoms with E-state index in [9.17, 15) is 0 Å². The Kier molecular flexibility index (Phi) is 3.91. The van der Waals surface area contributed by atoms with Crippen LogP contribution in [0, 0.1) is 17.3 Å². The molecule has 16 heavy (non-hydrogen) atoms. The summed E-state index contributed by atoms with van der Waals surface area (Å²) < 4.78 is 0. The molecule has 0 aromatic heterocycles. The summed E-state index contributed by atoms with van der Waals surface area (Å²) in [6.45, 7) is 6.07. The van der Waals surface area contributed by atoms with Gasteiger partial charge >= 0.3 is 0 Å². The Morgan fingerprint density at radius 3 is 2.19 bits per heavy atom. The van der Waals surface area contributed by atoms with Gasteiger partial charge in [-0.3, -0.25) is 0 Å². The van der Waals surface area contributed by atoms with Crippen LogP contribution in [-0.2, 0) is 0 Å². The van der Waals surface area contributed by atoms with Crippen LogP contribution < -0.4 is 5.32 Å². The summed E-state index contributed by atoms with van der Waals surface area (Å²) in [5.74, 6) is 1.97.